The van der Waals surface area contributed by atoms with Crippen molar-refractivity contribution in [3.8, 4) is 0 Å². The van der Waals surface area contributed by atoms with Crippen LogP contribution in [0.5, 0.6) is 0 Å². The first kappa shape index (κ1) is 16.0. The molecule has 0 saturated heterocycles. The lowest BCUT2D eigenvalue weighted by Gasteiger charge is -1.94. The molecule has 2 nitrogen and oxygen atoms in total. The van der Waals surface area contributed by atoms with E-state index in [0.717, 1.165) is 17.9 Å². The van der Waals surface area contributed by atoms with Gasteiger partial charge in [-0.2, -0.15) is 0 Å². The summed E-state index contributed by atoms with van der Waals surface area (Å²) in [4.78, 5) is 8.16. The molecule has 0 saturated carbocycles. The minimum atomic E-state index is 0.819. The number of allylic oxidation sites excluding steroid dienone is 2. The number of aromatic nitrogens is 2. The van der Waals surface area contributed by atoms with E-state index in [-0.39, 0.29) is 0 Å². The van der Waals surface area contributed by atoms with Crippen molar-refractivity contribution in [3.63, 3.8) is 0 Å². The zero-order chi connectivity index (χ0) is 12.1. The van der Waals surface area contributed by atoms with E-state index < -0.39 is 0 Å². The van der Waals surface area contributed by atoms with Crippen molar-refractivity contribution in [2.45, 2.75) is 34.1 Å². The molecule has 0 aliphatic carbocycles. The summed E-state index contributed by atoms with van der Waals surface area (Å²) in [7, 11) is 0. The molecule has 0 aliphatic heterocycles. The number of nitrogens with zero attached hydrogens (tertiary/aromatic N) is 2. The van der Waals surface area contributed by atoms with E-state index in [1.165, 1.54) is 0 Å². The highest BCUT2D eigenvalue weighted by Gasteiger charge is 1.90. The third kappa shape index (κ3) is 10.5. The fourth-order valence-electron chi connectivity index (χ4n) is 0.767. The number of hydrogen-bond donors (Lipinski definition) is 0. The van der Waals surface area contributed by atoms with Crippen molar-refractivity contribution >= 4 is 0 Å². The Morgan fingerprint density at radius 2 is 1.87 bits per heavy atom. The Kier molecular flexibility index (Phi) is 13.4. The molecule has 2 heteroatoms. The minimum Gasteiger partial charge on any atom is -0.242 e. The van der Waals surface area contributed by atoms with Gasteiger partial charge in [-0.3, -0.25) is 0 Å². The fourth-order valence-corrected chi connectivity index (χ4v) is 0.767. The van der Waals surface area contributed by atoms with E-state index in [2.05, 4.69) is 23.1 Å². The molecule has 0 atom stereocenters. The van der Waals surface area contributed by atoms with Crippen molar-refractivity contribution in [2.24, 2.45) is 0 Å². The van der Waals surface area contributed by atoms with Crippen LogP contribution in [-0.4, -0.2) is 9.97 Å². The van der Waals surface area contributed by atoms with Gasteiger partial charge in [0.15, 0.2) is 0 Å². The molecular formula is C13H22N2. The normalized spacial score (nSPS) is 7.47. The lowest BCUT2D eigenvalue weighted by Crippen LogP contribution is -1.91. The Morgan fingerprint density at radius 1 is 1.33 bits per heavy atom. The summed E-state index contributed by atoms with van der Waals surface area (Å²) in [5.41, 5.74) is 1.03. The standard InChI is InChI=1S/C8H10N2.C3H6.C2H6/c1-3-4-8-5-6-9-7(2)10-8;1-3-2;1-2/h3,5-6H,1,4H2,2H3;3H,1H2,2H3;1-2H3. The molecule has 1 aromatic heterocycles. The third-order valence-corrected chi connectivity index (χ3v) is 1.19. The second-order valence-electron chi connectivity index (χ2n) is 2.50. The minimum absolute atomic E-state index is 0.819. The highest BCUT2D eigenvalue weighted by atomic mass is 14.9. The number of rotatable bonds is 2. The number of aryl methyl sites for hydroxylation is 1. The summed E-state index contributed by atoms with van der Waals surface area (Å²) in [5.74, 6) is 0.819. The van der Waals surface area contributed by atoms with Crippen LogP contribution in [0, 0.1) is 6.92 Å². The molecule has 15 heavy (non-hydrogen) atoms. The van der Waals surface area contributed by atoms with Gasteiger partial charge in [-0.1, -0.05) is 26.0 Å². The van der Waals surface area contributed by atoms with Gasteiger partial charge >= 0.3 is 0 Å². The van der Waals surface area contributed by atoms with Crippen LogP contribution in [0.15, 0.2) is 37.6 Å². The summed E-state index contributed by atoms with van der Waals surface area (Å²) >= 11 is 0. The van der Waals surface area contributed by atoms with Crippen LogP contribution in [0.4, 0.5) is 0 Å². The van der Waals surface area contributed by atoms with Crippen LogP contribution >= 0.6 is 0 Å². The lowest BCUT2D eigenvalue weighted by atomic mass is 10.3. The Hall–Kier alpha value is -1.44. The SMILES string of the molecule is C=CC.C=CCc1ccnc(C)n1.CC. The maximum Gasteiger partial charge on any atom is 0.125 e. The summed E-state index contributed by atoms with van der Waals surface area (Å²) in [6.45, 7) is 14.8. The van der Waals surface area contributed by atoms with E-state index in [0.29, 0.717) is 0 Å². The third-order valence-electron chi connectivity index (χ3n) is 1.19. The van der Waals surface area contributed by atoms with E-state index in [4.69, 9.17) is 0 Å². The summed E-state index contributed by atoms with van der Waals surface area (Å²) in [5, 5.41) is 0. The number of hydrogen-bond acceptors (Lipinski definition) is 2. The Balaban J connectivity index is 0. The molecule has 0 fully saturated rings. The maximum absolute atomic E-state index is 4.18. The predicted molar refractivity (Wildman–Crippen MR) is 67.9 cm³/mol. The van der Waals surface area contributed by atoms with Crippen LogP contribution in [0.2, 0.25) is 0 Å². The van der Waals surface area contributed by atoms with Crippen LogP contribution in [-0.2, 0) is 6.42 Å². The first-order chi connectivity index (χ1) is 7.24. The second kappa shape index (κ2) is 12.6. The molecule has 0 aromatic carbocycles. The van der Waals surface area contributed by atoms with Crippen molar-refractivity contribution in [1.82, 2.24) is 9.97 Å². The van der Waals surface area contributed by atoms with E-state index in [9.17, 15) is 0 Å². The highest BCUT2D eigenvalue weighted by molar-refractivity contribution is 5.04. The molecule has 1 heterocycles. The average Bonchev–Trinajstić information content (AvgIpc) is 2.22. The summed E-state index contributed by atoms with van der Waals surface area (Å²) in [6.07, 6.45) is 6.17. The lowest BCUT2D eigenvalue weighted by molar-refractivity contribution is 0.981. The van der Waals surface area contributed by atoms with Crippen molar-refractivity contribution in [2.75, 3.05) is 0 Å². The van der Waals surface area contributed by atoms with Crippen molar-refractivity contribution in [1.29, 1.82) is 0 Å². The van der Waals surface area contributed by atoms with Crippen LogP contribution in [0.25, 0.3) is 0 Å². The Bertz CT molecular complexity index is 267. The van der Waals surface area contributed by atoms with Gasteiger partial charge in [-0.05, 0) is 19.9 Å². The first-order valence-corrected chi connectivity index (χ1v) is 5.21. The molecule has 1 rings (SSSR count). The van der Waals surface area contributed by atoms with Crippen molar-refractivity contribution < 1.29 is 0 Å². The van der Waals surface area contributed by atoms with Gasteiger partial charge < -0.3 is 0 Å². The Morgan fingerprint density at radius 3 is 2.27 bits per heavy atom. The van der Waals surface area contributed by atoms with Gasteiger partial charge in [0, 0.05) is 18.3 Å². The van der Waals surface area contributed by atoms with E-state index >= 15 is 0 Å². The Labute approximate surface area is 93.8 Å². The van der Waals surface area contributed by atoms with E-state index in [1.54, 1.807) is 12.3 Å². The molecule has 0 unspecified atom stereocenters. The molecule has 0 N–H and O–H groups in total. The second-order valence-corrected chi connectivity index (χ2v) is 2.50. The van der Waals surface area contributed by atoms with Crippen LogP contribution in [0.1, 0.15) is 32.3 Å². The average molecular weight is 206 g/mol. The molecule has 0 spiro atoms. The molecule has 0 bridgehead atoms. The van der Waals surface area contributed by atoms with Gasteiger partial charge in [0.2, 0.25) is 0 Å². The van der Waals surface area contributed by atoms with Gasteiger partial charge in [-0.25, -0.2) is 9.97 Å². The largest absolute Gasteiger partial charge is 0.242 e. The maximum atomic E-state index is 4.18. The van der Waals surface area contributed by atoms with Crippen LogP contribution in [0.3, 0.4) is 0 Å². The molecule has 0 aliphatic rings. The smallest absolute Gasteiger partial charge is 0.125 e. The zero-order valence-electron chi connectivity index (χ0n) is 10.3. The van der Waals surface area contributed by atoms with Gasteiger partial charge in [-0.15, -0.1) is 13.2 Å². The summed E-state index contributed by atoms with van der Waals surface area (Å²) in [6, 6.07) is 1.90. The van der Waals surface area contributed by atoms with Gasteiger partial charge in [0.25, 0.3) is 0 Å². The molecule has 84 valence electrons. The predicted octanol–water partition coefficient (Wildman–Crippen LogP) is 3.73. The highest BCUT2D eigenvalue weighted by Crippen LogP contribution is 1.95. The zero-order valence-corrected chi connectivity index (χ0v) is 10.3. The molecule has 1 aromatic rings. The fraction of sp³-hybridized carbons (Fsp3) is 0.385. The molecular weight excluding hydrogens is 184 g/mol. The monoisotopic (exact) mass is 206 g/mol. The van der Waals surface area contributed by atoms with Crippen molar-refractivity contribution in [3.05, 3.63) is 49.1 Å². The molecule has 0 amide bonds. The van der Waals surface area contributed by atoms with Gasteiger partial charge in [0.05, 0.1) is 0 Å². The van der Waals surface area contributed by atoms with Crippen LogP contribution < -0.4 is 0 Å². The topological polar surface area (TPSA) is 25.8 Å². The van der Waals surface area contributed by atoms with E-state index in [1.807, 2.05) is 39.8 Å². The quantitative estimate of drug-likeness (QED) is 0.689. The van der Waals surface area contributed by atoms with Gasteiger partial charge in [0.1, 0.15) is 5.82 Å². The summed E-state index contributed by atoms with van der Waals surface area (Å²) < 4.78 is 0. The molecule has 0 radical (unpaired) electrons. The first-order valence-electron chi connectivity index (χ1n) is 5.21.